The van der Waals surface area contributed by atoms with Gasteiger partial charge in [0, 0.05) is 12.5 Å². The van der Waals surface area contributed by atoms with Crippen molar-refractivity contribution in [2.24, 2.45) is 0 Å². The van der Waals surface area contributed by atoms with Gasteiger partial charge in [0.2, 0.25) is 0 Å². The number of fused-ring (bicyclic) bond motifs is 1. The molecule has 16 heavy (non-hydrogen) atoms. The molecule has 2 aromatic heterocycles. The van der Waals surface area contributed by atoms with Crippen LogP contribution in [0.5, 0.6) is 0 Å². The summed E-state index contributed by atoms with van der Waals surface area (Å²) in [5, 5.41) is 8.38. The molecule has 1 aliphatic heterocycles. The smallest absolute Gasteiger partial charge is 0.182 e. The summed E-state index contributed by atoms with van der Waals surface area (Å²) in [5.74, 6) is 2.39. The van der Waals surface area contributed by atoms with Crippen LogP contribution < -0.4 is 5.73 Å². The van der Waals surface area contributed by atoms with Crippen LogP contribution in [0.25, 0.3) is 11.5 Å². The monoisotopic (exact) mass is 215 g/mol. The molecule has 3 heterocycles. The average molecular weight is 215 g/mol. The first kappa shape index (κ1) is 9.33. The van der Waals surface area contributed by atoms with Crippen molar-refractivity contribution in [3.05, 3.63) is 24.0 Å². The Morgan fingerprint density at radius 3 is 3.06 bits per heavy atom. The molecular weight excluding hydrogens is 202 g/mol. The Bertz CT molecular complexity index is 531. The van der Waals surface area contributed by atoms with E-state index >= 15 is 0 Å². The van der Waals surface area contributed by atoms with Gasteiger partial charge in [0.05, 0.1) is 0 Å². The Balaban J connectivity index is 2.14. The van der Waals surface area contributed by atoms with E-state index in [0.717, 1.165) is 30.2 Å². The Hall–Kier alpha value is -1.91. The molecule has 5 nitrogen and oxygen atoms in total. The second-order valence-corrected chi connectivity index (χ2v) is 4.15. The van der Waals surface area contributed by atoms with Crippen LogP contribution in [0, 0.1) is 0 Å². The molecule has 0 fully saturated rings. The maximum Gasteiger partial charge on any atom is 0.182 e. The lowest BCUT2D eigenvalue weighted by Crippen LogP contribution is -2.03. The third-order valence-corrected chi connectivity index (χ3v) is 2.99. The highest BCUT2D eigenvalue weighted by atomic mass is 15.3. The molecule has 82 valence electrons. The van der Waals surface area contributed by atoms with Gasteiger partial charge < -0.3 is 10.3 Å². The minimum Gasteiger partial charge on any atom is -0.384 e. The average Bonchev–Trinajstić information content (AvgIpc) is 2.82. The summed E-state index contributed by atoms with van der Waals surface area (Å²) in [6, 6.07) is 6.02. The van der Waals surface area contributed by atoms with Crippen LogP contribution >= 0.6 is 0 Å². The van der Waals surface area contributed by atoms with Gasteiger partial charge in [0.1, 0.15) is 17.3 Å². The number of hydrogen-bond donors (Lipinski definition) is 1. The highest BCUT2D eigenvalue weighted by Gasteiger charge is 2.24. The molecule has 0 aromatic carbocycles. The third kappa shape index (κ3) is 1.28. The van der Waals surface area contributed by atoms with Gasteiger partial charge in [-0.2, -0.15) is 0 Å². The minimum atomic E-state index is 0.447. The van der Waals surface area contributed by atoms with Crippen molar-refractivity contribution in [1.82, 2.24) is 19.7 Å². The van der Waals surface area contributed by atoms with Gasteiger partial charge >= 0.3 is 0 Å². The van der Waals surface area contributed by atoms with Crippen molar-refractivity contribution in [2.45, 2.75) is 25.8 Å². The number of nitrogens with zero attached hydrogens (tertiary/aromatic N) is 4. The Morgan fingerprint density at radius 2 is 2.25 bits per heavy atom. The maximum atomic E-state index is 5.68. The maximum absolute atomic E-state index is 5.68. The lowest BCUT2D eigenvalue weighted by Gasteiger charge is -2.08. The van der Waals surface area contributed by atoms with Gasteiger partial charge in [-0.15, -0.1) is 10.2 Å². The van der Waals surface area contributed by atoms with Crippen LogP contribution in [-0.2, 0) is 6.42 Å². The summed E-state index contributed by atoms with van der Waals surface area (Å²) < 4.78 is 2.15. The van der Waals surface area contributed by atoms with Crippen LogP contribution in [-0.4, -0.2) is 19.7 Å². The first-order chi connectivity index (χ1) is 7.75. The quantitative estimate of drug-likeness (QED) is 0.781. The Labute approximate surface area is 93.3 Å². The van der Waals surface area contributed by atoms with E-state index < -0.39 is 0 Å². The second-order valence-electron chi connectivity index (χ2n) is 4.15. The fourth-order valence-electron chi connectivity index (χ4n) is 2.18. The van der Waals surface area contributed by atoms with Crippen LogP contribution in [0.3, 0.4) is 0 Å². The van der Waals surface area contributed by atoms with Gasteiger partial charge in [-0.3, -0.25) is 0 Å². The molecular formula is C11H13N5. The van der Waals surface area contributed by atoms with Gasteiger partial charge in [-0.1, -0.05) is 6.07 Å². The van der Waals surface area contributed by atoms with E-state index in [0.29, 0.717) is 11.9 Å². The number of aromatic nitrogens is 4. The molecule has 0 saturated carbocycles. The van der Waals surface area contributed by atoms with Crippen LogP contribution in [0.2, 0.25) is 0 Å². The summed E-state index contributed by atoms with van der Waals surface area (Å²) >= 11 is 0. The number of rotatable bonds is 1. The first-order valence-electron chi connectivity index (χ1n) is 5.42. The number of hydrogen-bond acceptors (Lipinski definition) is 4. The number of anilines is 1. The minimum absolute atomic E-state index is 0.447. The zero-order chi connectivity index (χ0) is 11.1. The summed E-state index contributed by atoms with van der Waals surface area (Å²) in [5.41, 5.74) is 6.47. The fraction of sp³-hybridized carbons (Fsp3) is 0.364. The topological polar surface area (TPSA) is 69.6 Å². The normalized spacial score (nSPS) is 18.7. The van der Waals surface area contributed by atoms with E-state index in [-0.39, 0.29) is 0 Å². The molecule has 5 heteroatoms. The number of pyridine rings is 1. The van der Waals surface area contributed by atoms with Gasteiger partial charge in [-0.25, -0.2) is 4.98 Å². The second kappa shape index (κ2) is 3.30. The summed E-state index contributed by atoms with van der Waals surface area (Å²) in [6.07, 6.45) is 2.12. The molecule has 0 radical (unpaired) electrons. The van der Waals surface area contributed by atoms with E-state index in [1.54, 1.807) is 6.07 Å². The van der Waals surface area contributed by atoms with E-state index in [9.17, 15) is 0 Å². The molecule has 0 saturated heterocycles. The van der Waals surface area contributed by atoms with Crippen LogP contribution in [0.1, 0.15) is 25.2 Å². The first-order valence-corrected chi connectivity index (χ1v) is 5.42. The Kier molecular flexibility index (Phi) is 1.92. The van der Waals surface area contributed by atoms with Crippen molar-refractivity contribution < 1.29 is 0 Å². The molecule has 3 rings (SSSR count). The van der Waals surface area contributed by atoms with Gasteiger partial charge in [0.25, 0.3) is 0 Å². The SMILES string of the molecule is C[C@H]1CCc2nnc(-c3cccc(N)n3)n21. The predicted molar refractivity (Wildman–Crippen MR) is 60.7 cm³/mol. The highest BCUT2D eigenvalue weighted by Crippen LogP contribution is 2.29. The van der Waals surface area contributed by atoms with E-state index in [2.05, 4.69) is 26.7 Å². The molecule has 0 amide bonds. The largest absolute Gasteiger partial charge is 0.384 e. The van der Waals surface area contributed by atoms with Crippen LogP contribution in [0.4, 0.5) is 5.82 Å². The molecule has 2 aromatic rings. The molecule has 0 bridgehead atoms. The van der Waals surface area contributed by atoms with E-state index in [1.165, 1.54) is 0 Å². The molecule has 2 N–H and O–H groups in total. The van der Waals surface area contributed by atoms with Crippen molar-refractivity contribution >= 4 is 5.82 Å². The Morgan fingerprint density at radius 1 is 1.38 bits per heavy atom. The van der Waals surface area contributed by atoms with E-state index in [4.69, 9.17) is 5.73 Å². The molecule has 1 aliphatic rings. The third-order valence-electron chi connectivity index (χ3n) is 2.99. The lowest BCUT2D eigenvalue weighted by atomic mass is 10.2. The molecule has 0 unspecified atom stereocenters. The molecule has 1 atom stereocenters. The number of nitrogens with two attached hydrogens (primary N) is 1. The zero-order valence-electron chi connectivity index (χ0n) is 9.09. The highest BCUT2D eigenvalue weighted by molar-refractivity contribution is 5.53. The van der Waals surface area contributed by atoms with E-state index in [1.807, 2.05) is 12.1 Å². The summed E-state index contributed by atoms with van der Waals surface area (Å²) in [4.78, 5) is 4.28. The van der Waals surface area contributed by atoms with Crippen molar-refractivity contribution in [1.29, 1.82) is 0 Å². The summed E-state index contributed by atoms with van der Waals surface area (Å²) in [6.45, 7) is 2.18. The standard InChI is InChI=1S/C11H13N5/c1-7-5-6-10-14-15-11(16(7)10)8-3-2-4-9(12)13-8/h2-4,7H,5-6H2,1H3,(H2,12,13)/t7-/m0/s1. The summed E-state index contributed by atoms with van der Waals surface area (Å²) in [7, 11) is 0. The van der Waals surface area contributed by atoms with Crippen molar-refractivity contribution in [2.75, 3.05) is 5.73 Å². The zero-order valence-corrected chi connectivity index (χ0v) is 9.09. The van der Waals surface area contributed by atoms with Crippen molar-refractivity contribution in [3.63, 3.8) is 0 Å². The number of nitrogen functional groups attached to an aromatic ring is 1. The van der Waals surface area contributed by atoms with Gasteiger partial charge in [-0.05, 0) is 25.5 Å². The van der Waals surface area contributed by atoms with Gasteiger partial charge in [0.15, 0.2) is 5.82 Å². The predicted octanol–water partition coefficient (Wildman–Crippen LogP) is 1.43. The van der Waals surface area contributed by atoms with Crippen LogP contribution in [0.15, 0.2) is 18.2 Å². The molecule has 0 spiro atoms. The number of aryl methyl sites for hydroxylation is 1. The van der Waals surface area contributed by atoms with Crippen molar-refractivity contribution in [3.8, 4) is 11.5 Å². The molecule has 0 aliphatic carbocycles. The lowest BCUT2D eigenvalue weighted by molar-refractivity contribution is 0.581. The fourth-order valence-corrected chi connectivity index (χ4v) is 2.18.